The van der Waals surface area contributed by atoms with Gasteiger partial charge in [-0.3, -0.25) is 4.90 Å². The van der Waals surface area contributed by atoms with Crippen molar-refractivity contribution >= 4 is 17.5 Å². The van der Waals surface area contributed by atoms with Gasteiger partial charge in [0.15, 0.2) is 0 Å². The zero-order chi connectivity index (χ0) is 17.8. The van der Waals surface area contributed by atoms with Crippen LogP contribution in [0.5, 0.6) is 0 Å². The van der Waals surface area contributed by atoms with E-state index in [9.17, 15) is 4.79 Å². The number of hydrogen-bond acceptors (Lipinski definition) is 4. The van der Waals surface area contributed by atoms with Gasteiger partial charge >= 0.3 is 6.03 Å². The first-order valence-corrected chi connectivity index (χ1v) is 8.89. The number of nitrogens with one attached hydrogen (secondary N) is 2. The van der Waals surface area contributed by atoms with Crippen molar-refractivity contribution in [3.63, 3.8) is 0 Å². The highest BCUT2D eigenvalue weighted by molar-refractivity contribution is 5.94. The van der Waals surface area contributed by atoms with Crippen molar-refractivity contribution < 1.29 is 4.79 Å². The van der Waals surface area contributed by atoms with Crippen LogP contribution in [0, 0.1) is 0 Å². The van der Waals surface area contributed by atoms with Gasteiger partial charge in [0.2, 0.25) is 0 Å². The van der Waals surface area contributed by atoms with E-state index in [2.05, 4.69) is 53.5 Å². The maximum absolute atomic E-state index is 11.9. The predicted molar refractivity (Wildman–Crippen MR) is 100 cm³/mol. The third kappa shape index (κ3) is 3.90. The largest absolute Gasteiger partial charge is 0.363 e. The Labute approximate surface area is 148 Å². The highest BCUT2D eigenvalue weighted by Gasteiger charge is 2.21. The van der Waals surface area contributed by atoms with Crippen molar-refractivity contribution in [3.05, 3.63) is 47.4 Å². The molecule has 1 saturated heterocycles. The predicted octanol–water partition coefficient (Wildman–Crippen LogP) is 3.30. The van der Waals surface area contributed by atoms with Gasteiger partial charge < -0.3 is 10.6 Å². The molecule has 3 rings (SSSR count). The Kier molecular flexibility index (Phi) is 5.16. The number of aromatic nitrogens is 2. The van der Waals surface area contributed by atoms with Crippen LogP contribution in [0.3, 0.4) is 0 Å². The number of carbonyl (C=O) groups excluding carboxylic acids is 1. The first-order chi connectivity index (χ1) is 12.1. The fraction of sp³-hybridized carbons (Fsp3) is 0.421. The van der Waals surface area contributed by atoms with Crippen molar-refractivity contribution in [2.75, 3.05) is 23.3 Å². The van der Waals surface area contributed by atoms with Gasteiger partial charge in [-0.2, -0.15) is 0 Å². The van der Waals surface area contributed by atoms with Gasteiger partial charge in [-0.1, -0.05) is 26.0 Å². The van der Waals surface area contributed by atoms with Gasteiger partial charge in [-0.25, -0.2) is 14.8 Å². The van der Waals surface area contributed by atoms with E-state index in [1.165, 1.54) is 0 Å². The normalized spacial score (nSPS) is 15.2. The number of nitrogens with zero attached hydrogens (tertiary/aromatic N) is 3. The standard InChI is InChI=1S/C19H25N5O/c1-4-15-12-18(23-17(5-2)22-15)21-13(3)14-7-6-8-16(11-14)24-10-9-20-19(24)25/h6-8,11-13H,4-5,9-10H2,1-3H3,(H,20,25)(H,21,22,23). The number of rotatable bonds is 6. The van der Waals surface area contributed by atoms with Crippen LogP contribution in [0.25, 0.3) is 0 Å². The summed E-state index contributed by atoms with van der Waals surface area (Å²) in [5, 5.41) is 6.30. The molecule has 1 atom stereocenters. The molecule has 2 amide bonds. The summed E-state index contributed by atoms with van der Waals surface area (Å²) in [5.74, 6) is 1.71. The molecule has 2 N–H and O–H groups in total. The molecule has 132 valence electrons. The first-order valence-electron chi connectivity index (χ1n) is 8.89. The molecule has 0 aliphatic carbocycles. The fourth-order valence-electron chi connectivity index (χ4n) is 2.95. The minimum absolute atomic E-state index is 0.0336. The molecule has 1 unspecified atom stereocenters. The molecule has 2 heterocycles. The quantitative estimate of drug-likeness (QED) is 0.847. The van der Waals surface area contributed by atoms with Crippen LogP contribution in [0.2, 0.25) is 0 Å². The second-order valence-electron chi connectivity index (χ2n) is 6.21. The minimum Gasteiger partial charge on any atom is -0.363 e. The number of benzene rings is 1. The van der Waals surface area contributed by atoms with E-state index < -0.39 is 0 Å². The summed E-state index contributed by atoms with van der Waals surface area (Å²) in [6.07, 6.45) is 1.70. The second kappa shape index (κ2) is 7.51. The SMILES string of the molecule is CCc1cc(NC(C)c2cccc(N3CCNC3=O)c2)nc(CC)n1. The molecule has 1 aromatic heterocycles. The lowest BCUT2D eigenvalue weighted by molar-refractivity contribution is 0.252. The Morgan fingerprint density at radius 3 is 2.76 bits per heavy atom. The van der Waals surface area contributed by atoms with Gasteiger partial charge in [0.05, 0.1) is 6.04 Å². The van der Waals surface area contributed by atoms with E-state index >= 15 is 0 Å². The van der Waals surface area contributed by atoms with Crippen LogP contribution in [0.4, 0.5) is 16.3 Å². The summed E-state index contributed by atoms with van der Waals surface area (Å²) < 4.78 is 0. The summed E-state index contributed by atoms with van der Waals surface area (Å²) in [5.41, 5.74) is 3.09. The summed E-state index contributed by atoms with van der Waals surface area (Å²) in [7, 11) is 0. The Balaban J connectivity index is 1.79. The summed E-state index contributed by atoms with van der Waals surface area (Å²) in [6, 6.07) is 10.1. The molecule has 0 saturated carbocycles. The van der Waals surface area contributed by atoms with E-state index in [-0.39, 0.29) is 12.1 Å². The minimum atomic E-state index is -0.0336. The summed E-state index contributed by atoms with van der Waals surface area (Å²) >= 11 is 0. The van der Waals surface area contributed by atoms with Crippen molar-refractivity contribution in [3.8, 4) is 0 Å². The first kappa shape index (κ1) is 17.2. The molecule has 1 aromatic carbocycles. The number of hydrogen-bond donors (Lipinski definition) is 2. The molecule has 6 nitrogen and oxygen atoms in total. The van der Waals surface area contributed by atoms with Gasteiger partial charge in [0.25, 0.3) is 0 Å². The van der Waals surface area contributed by atoms with Crippen molar-refractivity contribution in [1.82, 2.24) is 15.3 Å². The summed E-state index contributed by atoms with van der Waals surface area (Å²) in [6.45, 7) is 7.65. The van der Waals surface area contributed by atoms with Gasteiger partial charge in [0, 0.05) is 37.0 Å². The monoisotopic (exact) mass is 339 g/mol. The van der Waals surface area contributed by atoms with Crippen LogP contribution in [0.15, 0.2) is 30.3 Å². The highest BCUT2D eigenvalue weighted by Crippen LogP contribution is 2.24. The van der Waals surface area contributed by atoms with E-state index in [4.69, 9.17) is 0 Å². The van der Waals surface area contributed by atoms with Crippen molar-refractivity contribution in [1.29, 1.82) is 0 Å². The smallest absolute Gasteiger partial charge is 0.321 e. The Morgan fingerprint density at radius 1 is 1.24 bits per heavy atom. The lowest BCUT2D eigenvalue weighted by atomic mass is 10.1. The molecule has 6 heteroatoms. The van der Waals surface area contributed by atoms with Crippen LogP contribution in [-0.2, 0) is 12.8 Å². The van der Waals surface area contributed by atoms with Crippen LogP contribution >= 0.6 is 0 Å². The van der Waals surface area contributed by atoms with Crippen LogP contribution in [-0.4, -0.2) is 29.1 Å². The molecule has 1 aliphatic rings. The summed E-state index contributed by atoms with van der Waals surface area (Å²) in [4.78, 5) is 22.7. The molecular formula is C19H25N5O. The number of aryl methyl sites for hydroxylation is 2. The molecule has 1 aliphatic heterocycles. The van der Waals surface area contributed by atoms with E-state index in [0.717, 1.165) is 41.4 Å². The Hall–Kier alpha value is -2.63. The zero-order valence-corrected chi connectivity index (χ0v) is 15.0. The second-order valence-corrected chi connectivity index (χ2v) is 6.21. The fourth-order valence-corrected chi connectivity index (χ4v) is 2.95. The van der Waals surface area contributed by atoms with Gasteiger partial charge in [0.1, 0.15) is 11.6 Å². The lowest BCUT2D eigenvalue weighted by Gasteiger charge is -2.19. The number of urea groups is 1. The van der Waals surface area contributed by atoms with Gasteiger partial charge in [-0.15, -0.1) is 0 Å². The Morgan fingerprint density at radius 2 is 2.08 bits per heavy atom. The third-order valence-electron chi connectivity index (χ3n) is 4.41. The number of amides is 2. The Bertz CT molecular complexity index is 739. The lowest BCUT2D eigenvalue weighted by Crippen LogP contribution is -2.27. The van der Waals surface area contributed by atoms with Crippen LogP contribution in [0.1, 0.15) is 43.9 Å². The number of carbonyl (C=O) groups is 1. The van der Waals surface area contributed by atoms with E-state index in [0.29, 0.717) is 13.1 Å². The van der Waals surface area contributed by atoms with Crippen molar-refractivity contribution in [2.24, 2.45) is 0 Å². The topological polar surface area (TPSA) is 70.2 Å². The average molecular weight is 339 g/mol. The molecule has 0 bridgehead atoms. The average Bonchev–Trinajstić information content (AvgIpc) is 3.07. The zero-order valence-electron chi connectivity index (χ0n) is 15.0. The molecule has 0 radical (unpaired) electrons. The van der Waals surface area contributed by atoms with Crippen LogP contribution < -0.4 is 15.5 Å². The third-order valence-corrected chi connectivity index (χ3v) is 4.41. The molecular weight excluding hydrogens is 314 g/mol. The number of anilines is 2. The molecule has 2 aromatic rings. The van der Waals surface area contributed by atoms with E-state index in [1.807, 2.05) is 18.2 Å². The molecule has 1 fully saturated rings. The molecule has 0 spiro atoms. The maximum atomic E-state index is 11.9. The van der Waals surface area contributed by atoms with Crippen molar-refractivity contribution in [2.45, 2.75) is 39.7 Å². The van der Waals surface area contributed by atoms with Gasteiger partial charge in [-0.05, 0) is 31.0 Å². The maximum Gasteiger partial charge on any atom is 0.321 e. The molecule has 25 heavy (non-hydrogen) atoms. The highest BCUT2D eigenvalue weighted by atomic mass is 16.2. The van der Waals surface area contributed by atoms with E-state index in [1.54, 1.807) is 4.90 Å².